The third-order valence-electron chi connectivity index (χ3n) is 3.65. The number of methoxy groups -OCH3 is 2. The average molecular weight is 423 g/mol. The number of aromatic nitrogens is 2. The zero-order chi connectivity index (χ0) is 19.1. The minimum atomic E-state index is 0.462. The van der Waals surface area contributed by atoms with E-state index in [1.807, 2.05) is 42.5 Å². The van der Waals surface area contributed by atoms with Gasteiger partial charge in [0, 0.05) is 16.2 Å². The molecule has 142 valence electrons. The number of halogens is 1. The van der Waals surface area contributed by atoms with Crippen LogP contribution in [-0.2, 0) is 0 Å². The summed E-state index contributed by atoms with van der Waals surface area (Å²) in [5.74, 6) is 3.62. The zero-order valence-corrected chi connectivity index (χ0v) is 17.4. The molecule has 27 heavy (non-hydrogen) atoms. The summed E-state index contributed by atoms with van der Waals surface area (Å²) in [5.41, 5.74) is 0.793. The van der Waals surface area contributed by atoms with Gasteiger partial charge >= 0.3 is 0 Å². The van der Waals surface area contributed by atoms with E-state index in [1.165, 1.54) is 0 Å². The molecule has 0 aliphatic rings. The van der Waals surface area contributed by atoms with Gasteiger partial charge in [-0.15, -0.1) is 22.0 Å². The highest BCUT2D eigenvalue weighted by Gasteiger charge is 2.12. The zero-order valence-electron chi connectivity index (χ0n) is 15.0. The summed E-state index contributed by atoms with van der Waals surface area (Å²) in [6, 6.07) is 13.4. The molecular weight excluding hydrogens is 404 g/mol. The van der Waals surface area contributed by atoms with Crippen LogP contribution in [0, 0.1) is 0 Å². The van der Waals surface area contributed by atoms with Crippen LogP contribution in [0.5, 0.6) is 11.5 Å². The Labute approximate surface area is 171 Å². The minimum absolute atomic E-state index is 0.462. The van der Waals surface area contributed by atoms with E-state index in [2.05, 4.69) is 10.2 Å². The molecule has 0 spiro atoms. The molecule has 0 aliphatic carbocycles. The summed E-state index contributed by atoms with van der Waals surface area (Å²) in [6.07, 6.45) is 1.01. The first-order chi connectivity index (χ1) is 13.2. The number of hydrogen-bond donors (Lipinski definition) is 0. The van der Waals surface area contributed by atoms with Crippen molar-refractivity contribution in [3.63, 3.8) is 0 Å². The van der Waals surface area contributed by atoms with Gasteiger partial charge in [0.05, 0.1) is 19.2 Å². The number of rotatable bonds is 9. The van der Waals surface area contributed by atoms with Gasteiger partial charge in [-0.25, -0.2) is 0 Å². The van der Waals surface area contributed by atoms with Crippen molar-refractivity contribution >= 4 is 35.1 Å². The molecule has 0 aliphatic heterocycles. The van der Waals surface area contributed by atoms with Crippen molar-refractivity contribution in [1.82, 2.24) is 10.2 Å². The SMILES string of the molecule is COc1ccc(-c2nnc(SCCCSc3ccccc3Cl)o2)cc1OC. The summed E-state index contributed by atoms with van der Waals surface area (Å²) < 4.78 is 16.3. The standard InChI is InChI=1S/C19H19ClN2O3S2/c1-23-15-9-8-13(12-16(15)24-2)18-21-22-19(25-18)27-11-5-10-26-17-7-4-3-6-14(17)20/h3-4,6-9,12H,5,10-11H2,1-2H3. The van der Waals surface area contributed by atoms with Gasteiger partial charge in [-0.1, -0.05) is 35.5 Å². The Morgan fingerprint density at radius 3 is 2.52 bits per heavy atom. The second-order valence-corrected chi connectivity index (χ2v) is 8.01. The monoisotopic (exact) mass is 422 g/mol. The van der Waals surface area contributed by atoms with E-state index >= 15 is 0 Å². The summed E-state index contributed by atoms with van der Waals surface area (Å²) in [6.45, 7) is 0. The molecule has 2 aromatic carbocycles. The van der Waals surface area contributed by atoms with Gasteiger partial charge in [-0.05, 0) is 42.5 Å². The second kappa shape index (κ2) is 9.92. The van der Waals surface area contributed by atoms with Crippen LogP contribution in [0.1, 0.15) is 6.42 Å². The fourth-order valence-electron chi connectivity index (χ4n) is 2.32. The van der Waals surface area contributed by atoms with Crippen LogP contribution in [0.25, 0.3) is 11.5 Å². The van der Waals surface area contributed by atoms with E-state index < -0.39 is 0 Å². The number of ether oxygens (including phenoxy) is 2. The highest BCUT2D eigenvalue weighted by atomic mass is 35.5. The molecule has 0 amide bonds. The molecule has 5 nitrogen and oxygen atoms in total. The first-order valence-corrected chi connectivity index (χ1v) is 10.6. The van der Waals surface area contributed by atoms with E-state index in [4.69, 9.17) is 25.5 Å². The Morgan fingerprint density at radius 2 is 1.74 bits per heavy atom. The number of thioether (sulfide) groups is 2. The van der Waals surface area contributed by atoms with Crippen LogP contribution < -0.4 is 9.47 Å². The fourth-order valence-corrected chi connectivity index (χ4v) is 4.39. The van der Waals surface area contributed by atoms with Crippen LogP contribution in [-0.4, -0.2) is 35.9 Å². The molecular formula is C19H19ClN2O3S2. The minimum Gasteiger partial charge on any atom is -0.493 e. The van der Waals surface area contributed by atoms with Crippen LogP contribution >= 0.6 is 35.1 Å². The topological polar surface area (TPSA) is 57.4 Å². The van der Waals surface area contributed by atoms with E-state index in [9.17, 15) is 0 Å². The van der Waals surface area contributed by atoms with E-state index in [0.717, 1.165) is 33.4 Å². The normalized spacial score (nSPS) is 10.8. The van der Waals surface area contributed by atoms with Crippen molar-refractivity contribution < 1.29 is 13.9 Å². The first kappa shape index (κ1) is 19.9. The lowest BCUT2D eigenvalue weighted by Gasteiger charge is -2.07. The fraction of sp³-hybridized carbons (Fsp3) is 0.263. The van der Waals surface area contributed by atoms with Crippen LogP contribution in [0.3, 0.4) is 0 Å². The van der Waals surface area contributed by atoms with Gasteiger partial charge < -0.3 is 13.9 Å². The maximum atomic E-state index is 6.16. The predicted octanol–water partition coefficient (Wildman–Crippen LogP) is 5.68. The first-order valence-electron chi connectivity index (χ1n) is 8.27. The quantitative estimate of drug-likeness (QED) is 0.324. The smallest absolute Gasteiger partial charge is 0.276 e. The lowest BCUT2D eigenvalue weighted by atomic mass is 10.2. The number of nitrogens with zero attached hydrogens (tertiary/aromatic N) is 2. The Morgan fingerprint density at radius 1 is 0.963 bits per heavy atom. The molecule has 0 atom stereocenters. The molecule has 0 saturated heterocycles. The summed E-state index contributed by atoms with van der Waals surface area (Å²) >= 11 is 9.46. The number of benzene rings is 2. The van der Waals surface area contributed by atoms with Gasteiger partial charge in [0.2, 0.25) is 5.89 Å². The third kappa shape index (κ3) is 5.34. The Bertz CT molecular complexity index is 889. The van der Waals surface area contributed by atoms with Crippen molar-refractivity contribution in [3.8, 4) is 23.0 Å². The van der Waals surface area contributed by atoms with Crippen LogP contribution in [0.4, 0.5) is 0 Å². The lowest BCUT2D eigenvalue weighted by Crippen LogP contribution is -1.90. The molecule has 0 bridgehead atoms. The highest BCUT2D eigenvalue weighted by Crippen LogP contribution is 2.33. The van der Waals surface area contributed by atoms with Gasteiger partial charge in [0.1, 0.15) is 0 Å². The summed E-state index contributed by atoms with van der Waals surface area (Å²) in [7, 11) is 3.19. The number of hydrogen-bond acceptors (Lipinski definition) is 7. The molecule has 0 N–H and O–H groups in total. The third-order valence-corrected chi connectivity index (χ3v) is 6.15. The Hall–Kier alpha value is -1.83. The largest absolute Gasteiger partial charge is 0.493 e. The maximum Gasteiger partial charge on any atom is 0.276 e. The molecule has 8 heteroatoms. The maximum absolute atomic E-state index is 6.16. The Kier molecular flexibility index (Phi) is 7.32. The van der Waals surface area contributed by atoms with Crippen molar-refractivity contribution in [2.75, 3.05) is 25.7 Å². The molecule has 1 aromatic heterocycles. The van der Waals surface area contributed by atoms with Gasteiger partial charge in [0.15, 0.2) is 11.5 Å². The van der Waals surface area contributed by atoms with Crippen molar-refractivity contribution in [2.45, 2.75) is 16.5 Å². The van der Waals surface area contributed by atoms with Crippen molar-refractivity contribution in [2.24, 2.45) is 0 Å². The molecule has 0 radical (unpaired) electrons. The predicted molar refractivity (Wildman–Crippen MR) is 110 cm³/mol. The molecule has 3 aromatic rings. The van der Waals surface area contributed by atoms with Crippen molar-refractivity contribution in [1.29, 1.82) is 0 Å². The van der Waals surface area contributed by atoms with E-state index in [-0.39, 0.29) is 0 Å². The van der Waals surface area contributed by atoms with E-state index in [1.54, 1.807) is 37.7 Å². The van der Waals surface area contributed by atoms with Crippen molar-refractivity contribution in [3.05, 3.63) is 47.5 Å². The van der Waals surface area contributed by atoms with Gasteiger partial charge in [0.25, 0.3) is 5.22 Å². The summed E-state index contributed by atoms with van der Waals surface area (Å²) in [4.78, 5) is 1.11. The molecule has 0 fully saturated rings. The molecule has 3 rings (SSSR count). The molecule has 1 heterocycles. The lowest BCUT2D eigenvalue weighted by molar-refractivity contribution is 0.355. The second-order valence-electron chi connectivity index (χ2n) is 5.42. The Balaban J connectivity index is 1.50. The van der Waals surface area contributed by atoms with Crippen LogP contribution in [0.2, 0.25) is 5.02 Å². The molecule has 0 saturated carbocycles. The average Bonchev–Trinajstić information content (AvgIpc) is 3.17. The van der Waals surface area contributed by atoms with E-state index in [0.29, 0.717) is 22.6 Å². The highest BCUT2D eigenvalue weighted by molar-refractivity contribution is 8.00. The summed E-state index contributed by atoms with van der Waals surface area (Å²) in [5, 5.41) is 9.58. The van der Waals surface area contributed by atoms with Gasteiger partial charge in [-0.3, -0.25) is 0 Å². The van der Waals surface area contributed by atoms with Crippen LogP contribution in [0.15, 0.2) is 57.0 Å². The molecule has 0 unspecified atom stereocenters. The van der Waals surface area contributed by atoms with Gasteiger partial charge in [-0.2, -0.15) is 0 Å².